The number of aromatic nitrogens is 5. The van der Waals surface area contributed by atoms with Gasteiger partial charge < -0.3 is 29.0 Å². The van der Waals surface area contributed by atoms with Crippen LogP contribution in [0.15, 0.2) is 70.9 Å². The molecule has 0 radical (unpaired) electrons. The van der Waals surface area contributed by atoms with Gasteiger partial charge >= 0.3 is 0 Å². The minimum atomic E-state index is -0.346. The van der Waals surface area contributed by atoms with Crippen molar-refractivity contribution in [1.82, 2.24) is 28.4 Å². The summed E-state index contributed by atoms with van der Waals surface area (Å²) >= 11 is 0. The number of piperazine rings is 1. The van der Waals surface area contributed by atoms with Crippen molar-refractivity contribution < 1.29 is 9.84 Å². The second kappa shape index (κ2) is 12.6. The molecular weight excluding hydrogens is 620 g/mol. The molecule has 0 amide bonds. The number of aliphatic hydroxyl groups is 1. The van der Waals surface area contributed by atoms with E-state index in [2.05, 4.69) is 38.9 Å². The summed E-state index contributed by atoms with van der Waals surface area (Å²) in [4.78, 5) is 41.2. The van der Waals surface area contributed by atoms with E-state index in [1.54, 1.807) is 37.8 Å². The van der Waals surface area contributed by atoms with Crippen LogP contribution in [0.3, 0.4) is 0 Å². The molecule has 2 aliphatic heterocycles. The molecule has 2 fully saturated rings. The van der Waals surface area contributed by atoms with Gasteiger partial charge in [-0.1, -0.05) is 6.92 Å². The van der Waals surface area contributed by atoms with Crippen LogP contribution in [0.4, 0.5) is 17.2 Å². The Balaban J connectivity index is 1.08. The smallest absolute Gasteiger partial charge is 0.280 e. The molecule has 2 atom stereocenters. The van der Waals surface area contributed by atoms with Crippen LogP contribution >= 0.6 is 0 Å². The average molecular weight is 663 g/mol. The molecule has 2 N–H and O–H groups in total. The second-order valence-electron chi connectivity index (χ2n) is 13.8. The number of nitrogens with zero attached hydrogens (tertiary/aromatic N) is 7. The zero-order valence-electron chi connectivity index (χ0n) is 28.2. The highest BCUT2D eigenvalue weighted by Gasteiger charge is 2.32. The lowest BCUT2D eigenvalue weighted by Crippen LogP contribution is -2.59. The number of aryl methyl sites for hydroxylation is 2. The Morgan fingerprint density at radius 2 is 1.90 bits per heavy atom. The van der Waals surface area contributed by atoms with Gasteiger partial charge in [-0.15, -0.1) is 0 Å². The highest BCUT2D eigenvalue weighted by molar-refractivity contribution is 5.73. The molecule has 0 aromatic carbocycles. The first-order chi connectivity index (χ1) is 23.8. The molecular formula is C37H42N8O4. The third kappa shape index (κ3) is 5.63. The zero-order valence-corrected chi connectivity index (χ0v) is 28.2. The summed E-state index contributed by atoms with van der Waals surface area (Å²) in [5.41, 5.74) is 5.87. The molecule has 0 bridgehead atoms. The van der Waals surface area contributed by atoms with Crippen molar-refractivity contribution in [3.05, 3.63) is 98.8 Å². The predicted octanol–water partition coefficient (Wildman–Crippen LogP) is 3.52. The third-order valence-electron chi connectivity index (χ3n) is 10.5. The summed E-state index contributed by atoms with van der Waals surface area (Å²) in [6.07, 6.45) is 11.9. The summed E-state index contributed by atoms with van der Waals surface area (Å²) < 4.78 is 10.4. The molecule has 0 spiro atoms. The van der Waals surface area contributed by atoms with E-state index in [9.17, 15) is 14.7 Å². The molecule has 5 aromatic heterocycles. The van der Waals surface area contributed by atoms with Gasteiger partial charge in [0.05, 0.1) is 37.7 Å². The molecule has 49 heavy (non-hydrogen) atoms. The molecule has 12 nitrogen and oxygen atoms in total. The van der Waals surface area contributed by atoms with E-state index in [0.717, 1.165) is 57.8 Å². The number of pyridine rings is 3. The summed E-state index contributed by atoms with van der Waals surface area (Å²) in [5.74, 6) is 1.50. The minimum Gasteiger partial charge on any atom is -0.392 e. The number of hydrogen-bond acceptors (Lipinski definition) is 9. The molecule has 8 rings (SSSR count). The van der Waals surface area contributed by atoms with Crippen molar-refractivity contribution in [1.29, 1.82) is 0 Å². The number of fused-ring (bicyclic) bond motifs is 3. The molecule has 3 aliphatic rings. The summed E-state index contributed by atoms with van der Waals surface area (Å²) in [6, 6.07) is 10.4. The first kappa shape index (κ1) is 31.5. The van der Waals surface area contributed by atoms with Gasteiger partial charge in [0.15, 0.2) is 0 Å². The number of aliphatic hydroxyl groups excluding tert-OH is 1. The van der Waals surface area contributed by atoms with Crippen molar-refractivity contribution in [2.24, 2.45) is 13.0 Å². The molecule has 7 heterocycles. The van der Waals surface area contributed by atoms with Crippen molar-refractivity contribution >= 4 is 22.7 Å². The number of ether oxygens (including phenoxy) is 1. The fourth-order valence-electron chi connectivity index (χ4n) is 7.73. The number of anilines is 3. The lowest BCUT2D eigenvalue weighted by atomic mass is 9.89. The summed E-state index contributed by atoms with van der Waals surface area (Å²) in [7, 11) is 1.69. The first-order valence-corrected chi connectivity index (χ1v) is 17.1. The van der Waals surface area contributed by atoms with Gasteiger partial charge in [-0.05, 0) is 73.6 Å². The molecule has 1 aliphatic carbocycles. The second-order valence-corrected chi connectivity index (χ2v) is 13.8. The van der Waals surface area contributed by atoms with E-state index < -0.39 is 0 Å². The van der Waals surface area contributed by atoms with Crippen LogP contribution in [0.1, 0.15) is 37.1 Å². The van der Waals surface area contributed by atoms with Crippen molar-refractivity contribution in [2.75, 3.05) is 43.1 Å². The molecule has 254 valence electrons. The van der Waals surface area contributed by atoms with E-state index in [0.29, 0.717) is 57.5 Å². The molecule has 1 unspecified atom stereocenters. The Labute approximate surface area is 284 Å². The Hall–Kier alpha value is -4.78. The third-order valence-corrected chi connectivity index (χ3v) is 10.5. The monoisotopic (exact) mass is 662 g/mol. The topological polar surface area (TPSA) is 122 Å². The highest BCUT2D eigenvalue weighted by atomic mass is 16.5. The Bertz CT molecular complexity index is 2150. The average Bonchev–Trinajstić information content (AvgIpc) is 3.45. The van der Waals surface area contributed by atoms with Gasteiger partial charge in [0.2, 0.25) is 0 Å². The maximum atomic E-state index is 13.8. The van der Waals surface area contributed by atoms with E-state index >= 15 is 0 Å². The maximum Gasteiger partial charge on any atom is 0.280 e. The van der Waals surface area contributed by atoms with Gasteiger partial charge in [0, 0.05) is 74.3 Å². The highest BCUT2D eigenvalue weighted by Crippen LogP contribution is 2.31. The van der Waals surface area contributed by atoms with Crippen molar-refractivity contribution in [3.8, 4) is 16.9 Å². The Kier molecular flexibility index (Phi) is 8.09. The summed E-state index contributed by atoms with van der Waals surface area (Å²) in [6.45, 7) is 8.68. The predicted molar refractivity (Wildman–Crippen MR) is 189 cm³/mol. The standard InChI is InChI=1S/C37H42N8O4/c1-23-4-6-32-25(14-23)16-33-37(48)45(13-12-44(32)33)35-30(20-46)29(8-9-38-35)26-15-31(36(47)41(3)19-26)40-34-7-5-27(17-39-34)43-11-10-42(18-24(43)2)28-21-49-22-28/h5,7-9,12-13,15-17,19,23-24,28,46H,4,6,10-11,14,18,20-22H2,1-3H3,(H,39,40)/t23?,24-/m0/s1. The van der Waals surface area contributed by atoms with Crippen LogP contribution in [-0.2, 0) is 31.2 Å². The fraction of sp³-hybridized carbons (Fsp3) is 0.405. The van der Waals surface area contributed by atoms with E-state index in [1.807, 2.05) is 35.0 Å². The quantitative estimate of drug-likeness (QED) is 0.270. The van der Waals surface area contributed by atoms with Crippen LogP contribution in [0.5, 0.6) is 0 Å². The lowest BCUT2D eigenvalue weighted by molar-refractivity contribution is -0.0691. The lowest BCUT2D eigenvalue weighted by Gasteiger charge is -2.46. The van der Waals surface area contributed by atoms with Crippen molar-refractivity contribution in [3.63, 3.8) is 0 Å². The summed E-state index contributed by atoms with van der Waals surface area (Å²) in [5, 5.41) is 13.9. The van der Waals surface area contributed by atoms with Crippen LogP contribution in [0, 0.1) is 5.92 Å². The van der Waals surface area contributed by atoms with Crippen LogP contribution in [0.25, 0.3) is 22.5 Å². The number of nitrogens with one attached hydrogen (secondary N) is 1. The molecule has 0 saturated carbocycles. The number of hydrogen-bond donors (Lipinski definition) is 2. The SMILES string of the molecule is CC1CCc2c(cc3c(=O)n(-c4nccc(-c5cc(Nc6ccc(N7CCN(C8COC8)C[C@@H]7C)cn6)c(=O)n(C)c5)c4CO)ccn23)C1. The van der Waals surface area contributed by atoms with Crippen LogP contribution in [0.2, 0.25) is 0 Å². The molecule has 2 saturated heterocycles. The van der Waals surface area contributed by atoms with E-state index in [-0.39, 0.29) is 17.7 Å². The van der Waals surface area contributed by atoms with Gasteiger partial charge in [-0.3, -0.25) is 19.1 Å². The van der Waals surface area contributed by atoms with Gasteiger partial charge in [-0.25, -0.2) is 9.97 Å². The molecule has 12 heteroatoms. The van der Waals surface area contributed by atoms with Crippen LogP contribution in [-0.4, -0.2) is 78.4 Å². The van der Waals surface area contributed by atoms with E-state index in [1.165, 1.54) is 20.4 Å². The maximum absolute atomic E-state index is 13.8. The fourth-order valence-corrected chi connectivity index (χ4v) is 7.73. The first-order valence-electron chi connectivity index (χ1n) is 17.1. The van der Waals surface area contributed by atoms with Crippen LogP contribution < -0.4 is 21.3 Å². The van der Waals surface area contributed by atoms with Gasteiger partial charge in [0.25, 0.3) is 11.1 Å². The van der Waals surface area contributed by atoms with E-state index in [4.69, 9.17) is 4.74 Å². The Morgan fingerprint density at radius 3 is 2.63 bits per heavy atom. The van der Waals surface area contributed by atoms with Crippen molar-refractivity contribution in [2.45, 2.75) is 51.8 Å². The number of rotatable bonds is 7. The van der Waals surface area contributed by atoms with Gasteiger partial charge in [-0.2, -0.15) is 0 Å². The normalized spacial score (nSPS) is 20.0. The largest absolute Gasteiger partial charge is 0.392 e. The minimum absolute atomic E-state index is 0.189. The van der Waals surface area contributed by atoms with Gasteiger partial charge in [0.1, 0.15) is 22.8 Å². The Morgan fingerprint density at radius 1 is 1.04 bits per heavy atom. The molecule has 5 aromatic rings. The zero-order chi connectivity index (χ0) is 33.8.